The van der Waals surface area contributed by atoms with Crippen LogP contribution in [0.25, 0.3) is 0 Å². The van der Waals surface area contributed by atoms with Crippen molar-refractivity contribution in [1.82, 2.24) is 4.72 Å². The summed E-state index contributed by atoms with van der Waals surface area (Å²) in [7, 11) is -3.65. The third kappa shape index (κ3) is 3.58. The van der Waals surface area contributed by atoms with E-state index in [4.69, 9.17) is 23.2 Å². The maximum atomic E-state index is 12.1. The van der Waals surface area contributed by atoms with Crippen molar-refractivity contribution in [2.45, 2.75) is 38.1 Å². The van der Waals surface area contributed by atoms with E-state index in [0.29, 0.717) is 0 Å². The van der Waals surface area contributed by atoms with Gasteiger partial charge >= 0.3 is 0 Å². The maximum Gasteiger partial charge on any atom is 0.242 e. The molecule has 0 spiro atoms. The van der Waals surface area contributed by atoms with Gasteiger partial charge in [0, 0.05) is 5.54 Å². The van der Waals surface area contributed by atoms with Crippen molar-refractivity contribution in [3.63, 3.8) is 0 Å². The standard InChI is InChI=1S/C11H15Cl2NO2S/c1-7-5-6-8(10(13)9(7)12)17(15,16)14-11(2,3)4/h5-6,14H,1-4H3. The summed E-state index contributed by atoms with van der Waals surface area (Å²) in [5.41, 5.74) is 0.172. The lowest BCUT2D eigenvalue weighted by molar-refractivity contribution is 0.491. The molecule has 0 heterocycles. The van der Waals surface area contributed by atoms with Gasteiger partial charge in [-0.1, -0.05) is 29.3 Å². The second kappa shape index (κ2) is 4.76. The average Bonchev–Trinajstić information content (AvgIpc) is 2.09. The highest BCUT2D eigenvalue weighted by Gasteiger charge is 2.25. The lowest BCUT2D eigenvalue weighted by atomic mass is 10.1. The van der Waals surface area contributed by atoms with Crippen LogP contribution < -0.4 is 4.72 Å². The Balaban J connectivity index is 3.31. The van der Waals surface area contributed by atoms with Gasteiger partial charge in [-0.3, -0.25) is 0 Å². The molecule has 6 heteroatoms. The Morgan fingerprint density at radius 1 is 1.12 bits per heavy atom. The Morgan fingerprint density at radius 2 is 1.65 bits per heavy atom. The predicted octanol–water partition coefficient (Wildman–Crippen LogP) is 3.38. The van der Waals surface area contributed by atoms with Gasteiger partial charge in [0.2, 0.25) is 10.0 Å². The SMILES string of the molecule is Cc1ccc(S(=O)(=O)NC(C)(C)C)c(Cl)c1Cl. The quantitative estimate of drug-likeness (QED) is 0.909. The second-order valence-corrected chi connectivity index (χ2v) is 7.27. The molecule has 0 unspecified atom stereocenters. The number of hydrogen-bond acceptors (Lipinski definition) is 2. The molecular weight excluding hydrogens is 281 g/mol. The van der Waals surface area contributed by atoms with Crippen LogP contribution in [0.3, 0.4) is 0 Å². The first-order chi connectivity index (χ1) is 7.54. The van der Waals surface area contributed by atoms with E-state index in [-0.39, 0.29) is 14.9 Å². The minimum atomic E-state index is -3.65. The molecule has 0 aliphatic rings. The highest BCUT2D eigenvalue weighted by Crippen LogP contribution is 2.32. The second-order valence-electron chi connectivity index (χ2n) is 4.86. The normalized spacial score (nSPS) is 12.8. The van der Waals surface area contributed by atoms with Crippen LogP contribution in [-0.2, 0) is 10.0 Å². The Hall–Kier alpha value is -0.290. The Labute approximate surface area is 112 Å². The number of benzene rings is 1. The molecule has 1 aromatic rings. The highest BCUT2D eigenvalue weighted by atomic mass is 35.5. The monoisotopic (exact) mass is 295 g/mol. The van der Waals surface area contributed by atoms with E-state index in [2.05, 4.69) is 4.72 Å². The maximum absolute atomic E-state index is 12.1. The molecular formula is C11H15Cl2NO2S. The van der Waals surface area contributed by atoms with Crippen LogP contribution in [0.1, 0.15) is 26.3 Å². The molecule has 0 saturated heterocycles. The largest absolute Gasteiger partial charge is 0.242 e. The van der Waals surface area contributed by atoms with Gasteiger partial charge in [-0.2, -0.15) is 0 Å². The topological polar surface area (TPSA) is 46.2 Å². The van der Waals surface area contributed by atoms with E-state index >= 15 is 0 Å². The third-order valence-corrected chi connectivity index (χ3v) is 4.86. The summed E-state index contributed by atoms with van der Waals surface area (Å²) in [6.07, 6.45) is 0. The summed E-state index contributed by atoms with van der Waals surface area (Å²) in [5, 5.41) is 0.326. The van der Waals surface area contributed by atoms with Gasteiger partial charge in [-0.05, 0) is 39.3 Å². The van der Waals surface area contributed by atoms with Crippen LogP contribution in [-0.4, -0.2) is 14.0 Å². The Morgan fingerprint density at radius 3 is 2.12 bits per heavy atom. The van der Waals surface area contributed by atoms with Crippen molar-refractivity contribution >= 4 is 33.2 Å². The van der Waals surface area contributed by atoms with Crippen LogP contribution in [0.15, 0.2) is 17.0 Å². The molecule has 17 heavy (non-hydrogen) atoms. The number of rotatable bonds is 2. The minimum Gasteiger partial charge on any atom is -0.207 e. The fourth-order valence-corrected chi connectivity index (χ4v) is 3.53. The molecule has 0 radical (unpaired) electrons. The first-order valence-electron chi connectivity index (χ1n) is 5.03. The first-order valence-corrected chi connectivity index (χ1v) is 7.27. The molecule has 0 amide bonds. The number of nitrogens with one attached hydrogen (secondary N) is 1. The van der Waals surface area contributed by atoms with Gasteiger partial charge in [0.1, 0.15) is 4.90 Å². The summed E-state index contributed by atoms with van der Waals surface area (Å²) in [6.45, 7) is 7.04. The summed E-state index contributed by atoms with van der Waals surface area (Å²) < 4.78 is 26.7. The molecule has 1 rings (SSSR count). The number of halogens is 2. The summed E-state index contributed by atoms with van der Waals surface area (Å²) in [5.74, 6) is 0. The van der Waals surface area contributed by atoms with Gasteiger partial charge in [-0.15, -0.1) is 0 Å². The Bertz CT molecular complexity index is 533. The van der Waals surface area contributed by atoms with E-state index in [1.54, 1.807) is 33.8 Å². The van der Waals surface area contributed by atoms with E-state index in [1.807, 2.05) is 0 Å². The van der Waals surface area contributed by atoms with E-state index < -0.39 is 15.6 Å². The lowest BCUT2D eigenvalue weighted by Crippen LogP contribution is -2.40. The fraction of sp³-hybridized carbons (Fsp3) is 0.455. The van der Waals surface area contributed by atoms with Crippen molar-refractivity contribution in [3.05, 3.63) is 27.7 Å². The zero-order valence-corrected chi connectivity index (χ0v) is 12.5. The summed E-state index contributed by atoms with van der Waals surface area (Å²) in [6, 6.07) is 3.09. The van der Waals surface area contributed by atoms with Gasteiger partial charge < -0.3 is 0 Å². The van der Waals surface area contributed by atoms with E-state index in [9.17, 15) is 8.42 Å². The van der Waals surface area contributed by atoms with E-state index in [0.717, 1.165) is 5.56 Å². The van der Waals surface area contributed by atoms with E-state index in [1.165, 1.54) is 6.07 Å². The number of aryl methyl sites for hydroxylation is 1. The third-order valence-electron chi connectivity index (χ3n) is 1.97. The molecule has 1 N–H and O–H groups in total. The fourth-order valence-electron chi connectivity index (χ4n) is 1.29. The summed E-state index contributed by atoms with van der Waals surface area (Å²) >= 11 is 11.9. The van der Waals surface area contributed by atoms with Crippen molar-refractivity contribution in [1.29, 1.82) is 0 Å². The molecule has 0 saturated carbocycles. The van der Waals surface area contributed by atoms with Crippen LogP contribution in [0.4, 0.5) is 0 Å². The molecule has 3 nitrogen and oxygen atoms in total. The first kappa shape index (κ1) is 14.8. The van der Waals surface area contributed by atoms with Gasteiger partial charge in [0.15, 0.2) is 0 Å². The van der Waals surface area contributed by atoms with Gasteiger partial charge in [0.25, 0.3) is 0 Å². The lowest BCUT2D eigenvalue weighted by Gasteiger charge is -2.21. The van der Waals surface area contributed by atoms with Crippen LogP contribution >= 0.6 is 23.2 Å². The number of sulfonamides is 1. The molecule has 96 valence electrons. The smallest absolute Gasteiger partial charge is 0.207 e. The van der Waals surface area contributed by atoms with Crippen LogP contribution in [0, 0.1) is 6.92 Å². The van der Waals surface area contributed by atoms with Crippen molar-refractivity contribution in [2.75, 3.05) is 0 Å². The molecule has 0 aromatic heterocycles. The number of hydrogen-bond donors (Lipinski definition) is 1. The molecule has 0 aliphatic carbocycles. The Kier molecular flexibility index (Phi) is 4.14. The summed E-state index contributed by atoms with van der Waals surface area (Å²) in [4.78, 5) is 0.00434. The van der Waals surface area contributed by atoms with Crippen molar-refractivity contribution in [3.8, 4) is 0 Å². The van der Waals surface area contributed by atoms with Gasteiger partial charge in [0.05, 0.1) is 10.0 Å². The van der Waals surface area contributed by atoms with Crippen molar-refractivity contribution in [2.24, 2.45) is 0 Å². The molecule has 1 aromatic carbocycles. The molecule has 0 aliphatic heterocycles. The van der Waals surface area contributed by atoms with Crippen LogP contribution in [0.2, 0.25) is 10.0 Å². The average molecular weight is 296 g/mol. The molecule has 0 atom stereocenters. The highest BCUT2D eigenvalue weighted by molar-refractivity contribution is 7.89. The molecule has 0 fully saturated rings. The zero-order valence-electron chi connectivity index (χ0n) is 10.1. The van der Waals surface area contributed by atoms with Crippen molar-refractivity contribution < 1.29 is 8.42 Å². The van der Waals surface area contributed by atoms with Gasteiger partial charge in [-0.25, -0.2) is 13.1 Å². The minimum absolute atomic E-state index is 0.00434. The zero-order chi connectivity index (χ0) is 13.4. The van der Waals surface area contributed by atoms with Crippen LogP contribution in [0.5, 0.6) is 0 Å². The molecule has 0 bridgehead atoms. The predicted molar refractivity (Wildman–Crippen MR) is 71.3 cm³/mol.